The van der Waals surface area contributed by atoms with Gasteiger partial charge in [-0.3, -0.25) is 0 Å². The molecule has 2 nitrogen and oxygen atoms in total. The fourth-order valence-electron chi connectivity index (χ4n) is 8.80. The standard InChI is InChI=1S/C47H43N2/c1-46(2)40(48(5)44-38-28-20-16-24-34(38)32-22-14-18-26-36(32)42(44)46)30-12-10-8-7-9-11-13-31-41-47(3,4)43-37-27-19-15-23-33(37)35-25-17-21-29-39(35)45(43)49(41)6/h7-31H,1-6H3/q+1. The molecule has 0 saturated heterocycles. The van der Waals surface area contributed by atoms with Crippen LogP contribution in [0.1, 0.15) is 38.8 Å². The lowest BCUT2D eigenvalue weighted by Crippen LogP contribution is -2.26. The Labute approximate surface area is 290 Å². The highest BCUT2D eigenvalue weighted by Gasteiger charge is 2.45. The largest absolute Gasteiger partial charge is 0.347 e. The summed E-state index contributed by atoms with van der Waals surface area (Å²) in [6, 6.07) is 35.4. The molecule has 2 aliphatic rings. The van der Waals surface area contributed by atoms with Gasteiger partial charge in [-0.05, 0) is 63.9 Å². The van der Waals surface area contributed by atoms with Gasteiger partial charge in [0.05, 0.1) is 16.5 Å². The van der Waals surface area contributed by atoms with Crippen molar-refractivity contribution in [2.75, 3.05) is 19.0 Å². The smallest absolute Gasteiger partial charge is 0.218 e. The minimum absolute atomic E-state index is 0.121. The quantitative estimate of drug-likeness (QED) is 0.104. The van der Waals surface area contributed by atoms with E-state index in [-0.39, 0.29) is 10.8 Å². The molecular weight excluding hydrogens is 593 g/mol. The first-order chi connectivity index (χ1) is 23.7. The molecule has 0 fully saturated rings. The van der Waals surface area contributed by atoms with Gasteiger partial charge in [-0.15, -0.1) is 0 Å². The number of hydrogen-bond acceptors (Lipinski definition) is 1. The Bertz CT molecular complexity index is 2510. The Morgan fingerprint density at radius 2 is 0.918 bits per heavy atom. The molecular formula is C47H43N2+. The van der Waals surface area contributed by atoms with Crippen molar-refractivity contribution >= 4 is 60.2 Å². The highest BCUT2D eigenvalue weighted by Crippen LogP contribution is 2.53. The monoisotopic (exact) mass is 635 g/mol. The fraction of sp³-hybridized carbons (Fsp3) is 0.170. The minimum Gasteiger partial charge on any atom is -0.347 e. The first-order valence-electron chi connectivity index (χ1n) is 17.3. The lowest BCUT2D eigenvalue weighted by molar-refractivity contribution is -0.399. The number of benzene rings is 6. The zero-order chi connectivity index (χ0) is 33.9. The Morgan fingerprint density at radius 3 is 1.51 bits per heavy atom. The van der Waals surface area contributed by atoms with Gasteiger partial charge in [0.2, 0.25) is 5.69 Å². The molecule has 0 aliphatic carbocycles. The van der Waals surface area contributed by atoms with Crippen molar-refractivity contribution in [3.63, 3.8) is 0 Å². The third kappa shape index (κ3) is 4.65. The summed E-state index contributed by atoms with van der Waals surface area (Å²) in [5, 5.41) is 10.6. The van der Waals surface area contributed by atoms with Crippen molar-refractivity contribution in [2.45, 2.75) is 38.5 Å². The molecule has 0 unspecified atom stereocenters. The summed E-state index contributed by atoms with van der Waals surface area (Å²) in [4.78, 5) is 2.39. The van der Waals surface area contributed by atoms with Crippen molar-refractivity contribution in [3.05, 3.63) is 169 Å². The number of hydrogen-bond donors (Lipinski definition) is 0. The van der Waals surface area contributed by atoms with Gasteiger partial charge in [-0.1, -0.05) is 147 Å². The SMILES string of the molecule is CN1/C(=C/C=C/C=C/C=C/C=C/C2=[N+](C)c3c(c4ccccc4c4ccccc34)C2(C)C)C(C)(C)c2c1c1ccccc1c1ccccc21. The van der Waals surface area contributed by atoms with Crippen LogP contribution in [-0.2, 0) is 10.8 Å². The number of allylic oxidation sites excluding steroid dienone is 10. The lowest BCUT2D eigenvalue weighted by Gasteiger charge is -2.24. The number of nitrogens with zero attached hydrogens (tertiary/aromatic N) is 2. The molecule has 8 rings (SSSR count). The van der Waals surface area contributed by atoms with Gasteiger partial charge < -0.3 is 4.90 Å². The van der Waals surface area contributed by atoms with Crippen LogP contribution in [0.2, 0.25) is 0 Å². The first-order valence-corrected chi connectivity index (χ1v) is 17.3. The van der Waals surface area contributed by atoms with E-state index < -0.39 is 0 Å². The molecule has 6 aromatic carbocycles. The van der Waals surface area contributed by atoms with Gasteiger partial charge >= 0.3 is 0 Å². The fourth-order valence-corrected chi connectivity index (χ4v) is 8.80. The Hall–Kier alpha value is -5.47. The average molecular weight is 636 g/mol. The molecule has 6 aromatic rings. The molecule has 49 heavy (non-hydrogen) atoms. The van der Waals surface area contributed by atoms with E-state index in [0.717, 1.165) is 0 Å². The predicted molar refractivity (Wildman–Crippen MR) is 213 cm³/mol. The van der Waals surface area contributed by atoms with Crippen LogP contribution in [0, 0.1) is 0 Å². The molecule has 0 bridgehead atoms. The maximum absolute atomic E-state index is 2.39. The van der Waals surface area contributed by atoms with Gasteiger partial charge in [-0.25, -0.2) is 0 Å². The molecule has 0 saturated carbocycles. The van der Waals surface area contributed by atoms with Gasteiger partial charge in [0.15, 0.2) is 5.71 Å². The maximum atomic E-state index is 2.39. The Morgan fingerprint density at radius 1 is 0.490 bits per heavy atom. The lowest BCUT2D eigenvalue weighted by atomic mass is 9.78. The van der Waals surface area contributed by atoms with Crippen molar-refractivity contribution in [2.24, 2.45) is 0 Å². The molecule has 2 heterocycles. The molecule has 0 N–H and O–H groups in total. The summed E-state index contributed by atoms with van der Waals surface area (Å²) in [6.07, 6.45) is 19.4. The van der Waals surface area contributed by atoms with E-state index in [4.69, 9.17) is 0 Å². The summed E-state index contributed by atoms with van der Waals surface area (Å²) < 4.78 is 2.39. The van der Waals surface area contributed by atoms with Gasteiger partial charge in [0.25, 0.3) is 0 Å². The summed E-state index contributed by atoms with van der Waals surface area (Å²) in [6.45, 7) is 9.41. The molecule has 0 spiro atoms. The number of fused-ring (bicyclic) bond motifs is 12. The van der Waals surface area contributed by atoms with Gasteiger partial charge in [-0.2, -0.15) is 4.58 Å². The highest BCUT2D eigenvalue weighted by atomic mass is 15.2. The summed E-state index contributed by atoms with van der Waals surface area (Å²) in [5.74, 6) is 0. The number of rotatable bonds is 5. The summed E-state index contributed by atoms with van der Waals surface area (Å²) in [5.41, 5.74) is 7.82. The second-order valence-electron chi connectivity index (χ2n) is 14.4. The molecule has 0 aromatic heterocycles. The number of likely N-dealkylation sites (N-methyl/N-ethyl adjacent to an activating group) is 1. The van der Waals surface area contributed by atoms with Crippen LogP contribution in [0.25, 0.3) is 43.1 Å². The van der Waals surface area contributed by atoms with E-state index in [9.17, 15) is 0 Å². The van der Waals surface area contributed by atoms with Crippen LogP contribution in [0.15, 0.2) is 157 Å². The van der Waals surface area contributed by atoms with Crippen molar-refractivity contribution in [1.29, 1.82) is 0 Å². The second kappa shape index (κ2) is 11.6. The zero-order valence-corrected chi connectivity index (χ0v) is 29.3. The molecule has 0 atom stereocenters. The molecule has 0 radical (unpaired) electrons. The average Bonchev–Trinajstić information content (AvgIpc) is 3.45. The first kappa shape index (κ1) is 30.8. The molecule has 2 aliphatic heterocycles. The highest BCUT2D eigenvalue weighted by molar-refractivity contribution is 6.19. The Balaban J connectivity index is 1.03. The van der Waals surface area contributed by atoms with Crippen molar-refractivity contribution in [1.82, 2.24) is 0 Å². The third-order valence-corrected chi connectivity index (χ3v) is 10.9. The van der Waals surface area contributed by atoms with Crippen LogP contribution in [0.5, 0.6) is 0 Å². The van der Waals surface area contributed by atoms with Crippen molar-refractivity contribution < 1.29 is 4.58 Å². The maximum Gasteiger partial charge on any atom is 0.218 e. The van der Waals surface area contributed by atoms with Crippen molar-refractivity contribution in [3.8, 4) is 0 Å². The number of anilines is 1. The zero-order valence-electron chi connectivity index (χ0n) is 29.3. The molecule has 240 valence electrons. The predicted octanol–water partition coefficient (Wildman–Crippen LogP) is 11.8. The minimum atomic E-state index is -0.121. The van der Waals surface area contributed by atoms with E-state index >= 15 is 0 Å². The Kier molecular flexibility index (Phi) is 7.30. The van der Waals surface area contributed by atoms with Crippen LogP contribution >= 0.6 is 0 Å². The van der Waals surface area contributed by atoms with E-state index in [1.807, 2.05) is 0 Å². The normalized spacial score (nSPS) is 17.9. The van der Waals surface area contributed by atoms with E-state index in [0.29, 0.717) is 0 Å². The summed E-state index contributed by atoms with van der Waals surface area (Å²) >= 11 is 0. The van der Waals surface area contributed by atoms with Gasteiger partial charge in [0, 0.05) is 35.2 Å². The third-order valence-electron chi connectivity index (χ3n) is 10.9. The van der Waals surface area contributed by atoms with Crippen LogP contribution in [0.4, 0.5) is 11.4 Å². The summed E-state index contributed by atoms with van der Waals surface area (Å²) in [7, 11) is 4.42. The van der Waals surface area contributed by atoms with Crippen LogP contribution < -0.4 is 4.90 Å². The van der Waals surface area contributed by atoms with E-state index in [2.05, 4.69) is 203 Å². The van der Waals surface area contributed by atoms with Crippen LogP contribution in [0.3, 0.4) is 0 Å². The topological polar surface area (TPSA) is 6.25 Å². The van der Waals surface area contributed by atoms with Gasteiger partial charge in [0.1, 0.15) is 7.05 Å². The second-order valence-corrected chi connectivity index (χ2v) is 14.4. The van der Waals surface area contributed by atoms with E-state index in [1.165, 1.54) is 77.0 Å². The van der Waals surface area contributed by atoms with E-state index in [1.54, 1.807) is 0 Å². The molecule has 0 amide bonds. The molecule has 2 heteroatoms. The van der Waals surface area contributed by atoms with Crippen LogP contribution in [-0.4, -0.2) is 24.4 Å².